The van der Waals surface area contributed by atoms with E-state index in [-0.39, 0.29) is 29.3 Å². The Morgan fingerprint density at radius 1 is 1.00 bits per heavy atom. The average Bonchev–Trinajstić information content (AvgIpc) is 2.62. The molecule has 2 atom stereocenters. The van der Waals surface area contributed by atoms with Gasteiger partial charge in [-0.2, -0.15) is 0 Å². The van der Waals surface area contributed by atoms with Gasteiger partial charge in [0.15, 0.2) is 0 Å². The molecular formula is C22H28BNO2. The van der Waals surface area contributed by atoms with Gasteiger partial charge in [-0.25, -0.2) is 0 Å². The van der Waals surface area contributed by atoms with E-state index < -0.39 is 0 Å². The molecule has 2 aromatic carbocycles. The lowest BCUT2D eigenvalue weighted by atomic mass is 9.84. The highest BCUT2D eigenvalue weighted by molar-refractivity contribution is 6.11. The molecule has 1 fully saturated rings. The molecule has 2 aromatic rings. The lowest BCUT2D eigenvalue weighted by Crippen LogP contribution is -2.55. The Bertz CT molecular complexity index is 687. The van der Waals surface area contributed by atoms with E-state index in [2.05, 4.69) is 28.6 Å². The third-order valence-electron chi connectivity index (χ3n) is 5.05. The number of rotatable bonds is 3. The summed E-state index contributed by atoms with van der Waals surface area (Å²) in [4.78, 5) is 15.6. The van der Waals surface area contributed by atoms with E-state index in [0.717, 1.165) is 11.1 Å². The monoisotopic (exact) mass is 349 g/mol. The zero-order valence-corrected chi connectivity index (χ0v) is 16.2. The van der Waals surface area contributed by atoms with Gasteiger partial charge in [0, 0.05) is 19.1 Å². The number of ether oxygens (including phenoxy) is 1. The Morgan fingerprint density at radius 3 is 1.96 bits per heavy atom. The van der Waals surface area contributed by atoms with Gasteiger partial charge in [0.05, 0.1) is 12.0 Å². The van der Waals surface area contributed by atoms with E-state index in [1.165, 1.54) is 0 Å². The molecule has 1 aliphatic rings. The number of carbonyl (C=O) groups excluding carboxylic acids is 1. The van der Waals surface area contributed by atoms with Crippen LogP contribution in [-0.2, 0) is 9.53 Å². The van der Waals surface area contributed by atoms with E-state index in [9.17, 15) is 4.79 Å². The zero-order valence-electron chi connectivity index (χ0n) is 16.2. The second kappa shape index (κ2) is 7.67. The van der Waals surface area contributed by atoms with Crippen LogP contribution in [0.15, 0.2) is 60.7 Å². The minimum Gasteiger partial charge on any atom is -0.380 e. The maximum Gasteiger partial charge on any atom is 0.234 e. The first-order chi connectivity index (χ1) is 12.4. The van der Waals surface area contributed by atoms with Crippen molar-refractivity contribution >= 4 is 13.8 Å². The maximum atomic E-state index is 13.6. The highest BCUT2D eigenvalue weighted by Crippen LogP contribution is 2.31. The number of morpholine rings is 1. The van der Waals surface area contributed by atoms with Crippen molar-refractivity contribution in [3.63, 3.8) is 0 Å². The van der Waals surface area contributed by atoms with Crippen LogP contribution in [0.4, 0.5) is 0 Å². The van der Waals surface area contributed by atoms with E-state index in [0.29, 0.717) is 13.1 Å². The van der Waals surface area contributed by atoms with Crippen molar-refractivity contribution < 1.29 is 9.53 Å². The van der Waals surface area contributed by atoms with Gasteiger partial charge in [0.1, 0.15) is 7.85 Å². The van der Waals surface area contributed by atoms with Crippen molar-refractivity contribution in [1.82, 2.24) is 4.90 Å². The van der Waals surface area contributed by atoms with Crippen LogP contribution in [0.2, 0.25) is 0 Å². The summed E-state index contributed by atoms with van der Waals surface area (Å²) in [5.41, 5.74) is 2.08. The summed E-state index contributed by atoms with van der Waals surface area (Å²) in [7, 11) is 2.05. The van der Waals surface area contributed by atoms with Crippen LogP contribution in [0.1, 0.15) is 37.8 Å². The summed E-state index contributed by atoms with van der Waals surface area (Å²) in [5, 5.41) is 0. The van der Waals surface area contributed by atoms with Crippen molar-refractivity contribution in [3.8, 4) is 0 Å². The van der Waals surface area contributed by atoms with Gasteiger partial charge in [-0.3, -0.25) is 4.79 Å². The molecular weight excluding hydrogens is 321 g/mol. The Hall–Kier alpha value is -2.07. The van der Waals surface area contributed by atoms with Crippen LogP contribution in [0.25, 0.3) is 0 Å². The Kier molecular flexibility index (Phi) is 5.52. The maximum absolute atomic E-state index is 13.6. The number of amides is 1. The molecule has 3 nitrogen and oxygen atoms in total. The van der Waals surface area contributed by atoms with E-state index >= 15 is 0 Å². The molecule has 0 aromatic heterocycles. The minimum absolute atomic E-state index is 0.00218. The Labute approximate surface area is 157 Å². The summed E-state index contributed by atoms with van der Waals surface area (Å²) in [5.74, 6) is -0.116. The van der Waals surface area contributed by atoms with Crippen LogP contribution in [-0.4, -0.2) is 43.9 Å². The first-order valence-electron chi connectivity index (χ1n) is 9.40. The van der Waals surface area contributed by atoms with Crippen LogP contribution >= 0.6 is 0 Å². The summed E-state index contributed by atoms with van der Waals surface area (Å²) in [6.45, 7) is 7.79. The molecule has 0 bridgehead atoms. The van der Waals surface area contributed by atoms with Crippen molar-refractivity contribution in [2.24, 2.45) is 5.41 Å². The summed E-state index contributed by atoms with van der Waals surface area (Å²) < 4.78 is 6.13. The molecule has 26 heavy (non-hydrogen) atoms. The third kappa shape index (κ3) is 4.18. The molecule has 1 amide bonds. The van der Waals surface area contributed by atoms with Gasteiger partial charge in [0.25, 0.3) is 0 Å². The number of hydrogen-bond donors (Lipinski definition) is 0. The smallest absolute Gasteiger partial charge is 0.234 e. The van der Waals surface area contributed by atoms with Gasteiger partial charge >= 0.3 is 0 Å². The molecule has 0 aliphatic carbocycles. The lowest BCUT2D eigenvalue weighted by molar-refractivity contribution is -0.147. The third-order valence-corrected chi connectivity index (χ3v) is 5.05. The topological polar surface area (TPSA) is 29.5 Å². The average molecular weight is 349 g/mol. The predicted octanol–water partition coefficient (Wildman–Crippen LogP) is 3.05. The molecule has 136 valence electrons. The standard InChI is InChI=1S/C22H28BNO2/c1-22(2,3)18-14-24(15-19(23)26-18)21(25)20(16-10-6-4-7-11-16)17-12-8-5-9-13-17/h4-13,18-20H,14-15,23H2,1-3H3. The number of carbonyl (C=O) groups is 1. The van der Waals surface area contributed by atoms with Crippen LogP contribution in [0.3, 0.4) is 0 Å². The van der Waals surface area contributed by atoms with E-state index in [1.807, 2.05) is 65.6 Å². The lowest BCUT2D eigenvalue weighted by Gasteiger charge is -2.43. The SMILES string of the molecule is BC1CN(C(=O)C(c2ccccc2)c2ccccc2)CC(C(C)(C)C)O1. The highest BCUT2D eigenvalue weighted by atomic mass is 16.5. The summed E-state index contributed by atoms with van der Waals surface area (Å²) in [6.07, 6.45) is 0.0439. The fourth-order valence-corrected chi connectivity index (χ4v) is 3.56. The quantitative estimate of drug-likeness (QED) is 0.797. The highest BCUT2D eigenvalue weighted by Gasteiger charge is 2.37. The van der Waals surface area contributed by atoms with Crippen LogP contribution in [0, 0.1) is 5.41 Å². The van der Waals surface area contributed by atoms with Gasteiger partial charge < -0.3 is 9.64 Å². The number of nitrogens with zero attached hydrogens (tertiary/aromatic N) is 1. The molecule has 1 heterocycles. The molecule has 0 N–H and O–H groups in total. The van der Waals surface area contributed by atoms with E-state index in [4.69, 9.17) is 4.74 Å². The van der Waals surface area contributed by atoms with Gasteiger partial charge in [0.2, 0.25) is 5.91 Å². The predicted molar refractivity (Wildman–Crippen MR) is 108 cm³/mol. The van der Waals surface area contributed by atoms with Crippen LogP contribution in [0.5, 0.6) is 0 Å². The Balaban J connectivity index is 1.93. The second-order valence-electron chi connectivity index (χ2n) is 8.30. The molecule has 1 aliphatic heterocycles. The van der Waals surface area contributed by atoms with Gasteiger partial charge in [-0.15, -0.1) is 0 Å². The number of hydrogen-bond acceptors (Lipinski definition) is 2. The van der Waals surface area contributed by atoms with Gasteiger partial charge in [-0.05, 0) is 16.5 Å². The molecule has 2 unspecified atom stereocenters. The van der Waals surface area contributed by atoms with E-state index in [1.54, 1.807) is 0 Å². The van der Waals surface area contributed by atoms with Crippen molar-refractivity contribution in [2.75, 3.05) is 13.1 Å². The fraction of sp³-hybridized carbons (Fsp3) is 0.409. The largest absolute Gasteiger partial charge is 0.380 e. The second-order valence-corrected chi connectivity index (χ2v) is 8.30. The van der Waals surface area contributed by atoms with Gasteiger partial charge in [-0.1, -0.05) is 81.4 Å². The first-order valence-corrected chi connectivity index (χ1v) is 9.40. The van der Waals surface area contributed by atoms with Crippen molar-refractivity contribution in [1.29, 1.82) is 0 Å². The van der Waals surface area contributed by atoms with Crippen LogP contribution < -0.4 is 0 Å². The first kappa shape index (κ1) is 18.7. The Morgan fingerprint density at radius 2 is 1.50 bits per heavy atom. The molecule has 1 saturated heterocycles. The fourth-order valence-electron chi connectivity index (χ4n) is 3.56. The zero-order chi connectivity index (χ0) is 18.7. The van der Waals surface area contributed by atoms with Crippen molar-refractivity contribution in [2.45, 2.75) is 38.8 Å². The summed E-state index contributed by atoms with van der Waals surface area (Å²) in [6, 6.07) is 20.2. The molecule has 0 spiro atoms. The molecule has 0 saturated carbocycles. The normalized spacial score (nSPS) is 21.0. The number of benzene rings is 2. The minimum atomic E-state index is -0.275. The van der Waals surface area contributed by atoms with Crippen molar-refractivity contribution in [3.05, 3.63) is 71.8 Å². The molecule has 0 radical (unpaired) electrons. The molecule has 3 rings (SSSR count). The molecule has 4 heteroatoms. The summed E-state index contributed by atoms with van der Waals surface area (Å²) >= 11 is 0.